The van der Waals surface area contributed by atoms with Crippen LogP contribution in [0.3, 0.4) is 0 Å². The Morgan fingerprint density at radius 1 is 1.47 bits per heavy atom. The van der Waals surface area contributed by atoms with Gasteiger partial charge in [-0.15, -0.1) is 0 Å². The molecule has 0 bridgehead atoms. The van der Waals surface area contributed by atoms with Crippen LogP contribution in [0.1, 0.15) is 25.8 Å². The maximum Gasteiger partial charge on any atom is 0.306 e. The Morgan fingerprint density at radius 2 is 2.20 bits per heavy atom. The van der Waals surface area contributed by atoms with Gasteiger partial charge in [0.2, 0.25) is 0 Å². The van der Waals surface area contributed by atoms with Gasteiger partial charge in [-0.1, -0.05) is 12.1 Å². The monoisotopic (exact) mass is 207 g/mol. The maximum atomic E-state index is 11.3. The van der Waals surface area contributed by atoms with Gasteiger partial charge in [0.25, 0.3) is 0 Å². The summed E-state index contributed by atoms with van der Waals surface area (Å²) in [5.41, 5.74) is 7.42. The van der Waals surface area contributed by atoms with Crippen LogP contribution in [0.15, 0.2) is 24.3 Å². The number of nitrogen functional groups attached to an aromatic ring is 1. The third kappa shape index (κ3) is 4.49. The first-order chi connectivity index (χ1) is 7.08. The number of carbonyl (C=O) groups is 1. The number of nitrogens with two attached hydrogens (primary N) is 1. The van der Waals surface area contributed by atoms with E-state index >= 15 is 0 Å². The standard InChI is InChI=1S/C12H17NO2/c1-9(2)15-12(14)7-6-10-4-3-5-11(13)8-10/h3-5,8-9H,6-7,13H2,1-2H3. The molecule has 0 radical (unpaired) electrons. The summed E-state index contributed by atoms with van der Waals surface area (Å²) in [5, 5.41) is 0. The van der Waals surface area contributed by atoms with Gasteiger partial charge < -0.3 is 10.5 Å². The van der Waals surface area contributed by atoms with E-state index in [-0.39, 0.29) is 12.1 Å². The van der Waals surface area contributed by atoms with Crippen molar-refractivity contribution in [1.29, 1.82) is 0 Å². The second-order valence-corrected chi connectivity index (χ2v) is 3.78. The van der Waals surface area contributed by atoms with Crippen LogP contribution in [0, 0.1) is 0 Å². The summed E-state index contributed by atoms with van der Waals surface area (Å²) in [7, 11) is 0. The molecule has 3 nitrogen and oxygen atoms in total. The van der Waals surface area contributed by atoms with E-state index in [9.17, 15) is 4.79 Å². The molecule has 0 atom stereocenters. The second kappa shape index (κ2) is 5.39. The highest BCUT2D eigenvalue weighted by Gasteiger charge is 2.05. The molecular formula is C12H17NO2. The minimum atomic E-state index is -0.160. The molecule has 1 aromatic rings. The fraction of sp³-hybridized carbons (Fsp3) is 0.417. The van der Waals surface area contributed by atoms with Gasteiger partial charge in [0.15, 0.2) is 0 Å². The van der Waals surface area contributed by atoms with Crippen molar-refractivity contribution in [2.24, 2.45) is 0 Å². The summed E-state index contributed by atoms with van der Waals surface area (Å²) in [6, 6.07) is 7.55. The number of hydrogen-bond donors (Lipinski definition) is 1. The fourth-order valence-electron chi connectivity index (χ4n) is 1.32. The van der Waals surface area contributed by atoms with Gasteiger partial charge in [-0.2, -0.15) is 0 Å². The molecule has 0 aromatic heterocycles. The first-order valence-corrected chi connectivity index (χ1v) is 5.12. The van der Waals surface area contributed by atoms with Crippen molar-refractivity contribution in [2.45, 2.75) is 32.8 Å². The molecule has 3 heteroatoms. The van der Waals surface area contributed by atoms with Crippen molar-refractivity contribution in [1.82, 2.24) is 0 Å². The Morgan fingerprint density at radius 3 is 2.80 bits per heavy atom. The normalized spacial score (nSPS) is 10.3. The number of hydrogen-bond acceptors (Lipinski definition) is 3. The summed E-state index contributed by atoms with van der Waals surface area (Å²) in [5.74, 6) is -0.160. The van der Waals surface area contributed by atoms with Crippen LogP contribution in [0.5, 0.6) is 0 Å². The lowest BCUT2D eigenvalue weighted by Crippen LogP contribution is -2.11. The van der Waals surface area contributed by atoms with Crippen LogP contribution >= 0.6 is 0 Å². The predicted molar refractivity (Wildman–Crippen MR) is 60.4 cm³/mol. The Labute approximate surface area is 90.2 Å². The van der Waals surface area contributed by atoms with E-state index in [1.807, 2.05) is 38.1 Å². The molecule has 0 unspecified atom stereocenters. The van der Waals surface area contributed by atoms with Crippen LogP contribution in [-0.2, 0) is 16.0 Å². The molecule has 1 rings (SSSR count). The number of aryl methyl sites for hydroxylation is 1. The lowest BCUT2D eigenvalue weighted by molar-refractivity contribution is -0.147. The van der Waals surface area contributed by atoms with Crippen molar-refractivity contribution in [3.63, 3.8) is 0 Å². The van der Waals surface area contributed by atoms with Gasteiger partial charge in [0.05, 0.1) is 6.10 Å². The van der Waals surface area contributed by atoms with Gasteiger partial charge in [-0.05, 0) is 38.0 Å². The molecule has 0 amide bonds. The van der Waals surface area contributed by atoms with E-state index in [1.165, 1.54) is 0 Å². The van der Waals surface area contributed by atoms with E-state index < -0.39 is 0 Å². The lowest BCUT2D eigenvalue weighted by atomic mass is 10.1. The highest BCUT2D eigenvalue weighted by atomic mass is 16.5. The average molecular weight is 207 g/mol. The smallest absolute Gasteiger partial charge is 0.306 e. The zero-order valence-corrected chi connectivity index (χ0v) is 9.19. The topological polar surface area (TPSA) is 52.3 Å². The zero-order valence-electron chi connectivity index (χ0n) is 9.19. The number of esters is 1. The summed E-state index contributed by atoms with van der Waals surface area (Å²) >= 11 is 0. The molecule has 0 aliphatic rings. The summed E-state index contributed by atoms with van der Waals surface area (Å²) in [4.78, 5) is 11.3. The Hall–Kier alpha value is -1.51. The van der Waals surface area contributed by atoms with Crippen LogP contribution in [0.25, 0.3) is 0 Å². The minimum absolute atomic E-state index is 0.0432. The third-order valence-corrected chi connectivity index (χ3v) is 1.94. The minimum Gasteiger partial charge on any atom is -0.463 e. The molecule has 0 heterocycles. The highest BCUT2D eigenvalue weighted by molar-refractivity contribution is 5.69. The average Bonchev–Trinajstić information content (AvgIpc) is 2.14. The Bertz CT molecular complexity index is 334. The van der Waals surface area contributed by atoms with Crippen LogP contribution in [-0.4, -0.2) is 12.1 Å². The van der Waals surface area contributed by atoms with E-state index in [0.717, 1.165) is 11.3 Å². The molecule has 1 aromatic carbocycles. The highest BCUT2D eigenvalue weighted by Crippen LogP contribution is 2.09. The first-order valence-electron chi connectivity index (χ1n) is 5.12. The maximum absolute atomic E-state index is 11.3. The fourth-order valence-corrected chi connectivity index (χ4v) is 1.32. The second-order valence-electron chi connectivity index (χ2n) is 3.78. The number of rotatable bonds is 4. The van der Waals surface area contributed by atoms with E-state index in [1.54, 1.807) is 0 Å². The van der Waals surface area contributed by atoms with Gasteiger partial charge in [-0.3, -0.25) is 4.79 Å². The first kappa shape index (κ1) is 11.6. The zero-order chi connectivity index (χ0) is 11.3. The molecule has 0 saturated carbocycles. The van der Waals surface area contributed by atoms with Crippen LogP contribution in [0.4, 0.5) is 5.69 Å². The van der Waals surface area contributed by atoms with Gasteiger partial charge >= 0.3 is 5.97 Å². The number of anilines is 1. The van der Waals surface area contributed by atoms with E-state index in [0.29, 0.717) is 12.8 Å². The van der Waals surface area contributed by atoms with Crippen molar-refractivity contribution in [2.75, 3.05) is 5.73 Å². The molecule has 0 aliphatic heterocycles. The lowest BCUT2D eigenvalue weighted by Gasteiger charge is -2.07. The van der Waals surface area contributed by atoms with Crippen LogP contribution in [0.2, 0.25) is 0 Å². The van der Waals surface area contributed by atoms with Crippen molar-refractivity contribution in [3.8, 4) is 0 Å². The summed E-state index contributed by atoms with van der Waals surface area (Å²) in [6.07, 6.45) is 1.04. The molecule has 2 N–H and O–H groups in total. The molecule has 0 saturated heterocycles. The third-order valence-electron chi connectivity index (χ3n) is 1.94. The SMILES string of the molecule is CC(C)OC(=O)CCc1cccc(N)c1. The molecule has 0 fully saturated rings. The number of ether oxygens (including phenoxy) is 1. The molecule has 82 valence electrons. The summed E-state index contributed by atoms with van der Waals surface area (Å²) in [6.45, 7) is 3.69. The summed E-state index contributed by atoms with van der Waals surface area (Å²) < 4.78 is 5.03. The quantitative estimate of drug-likeness (QED) is 0.608. The number of carbonyl (C=O) groups excluding carboxylic acids is 1. The van der Waals surface area contributed by atoms with Crippen molar-refractivity contribution < 1.29 is 9.53 Å². The van der Waals surface area contributed by atoms with Gasteiger partial charge in [0.1, 0.15) is 0 Å². The predicted octanol–water partition coefficient (Wildman–Crippen LogP) is 2.15. The van der Waals surface area contributed by atoms with Crippen molar-refractivity contribution >= 4 is 11.7 Å². The largest absolute Gasteiger partial charge is 0.463 e. The Balaban J connectivity index is 2.40. The molecule has 15 heavy (non-hydrogen) atoms. The molecule has 0 aliphatic carbocycles. The van der Waals surface area contributed by atoms with Crippen molar-refractivity contribution in [3.05, 3.63) is 29.8 Å². The van der Waals surface area contributed by atoms with Crippen LogP contribution < -0.4 is 5.73 Å². The van der Waals surface area contributed by atoms with E-state index in [2.05, 4.69) is 0 Å². The number of benzene rings is 1. The Kier molecular flexibility index (Phi) is 4.16. The van der Waals surface area contributed by atoms with Gasteiger partial charge in [-0.25, -0.2) is 0 Å². The molecule has 0 spiro atoms. The molecular weight excluding hydrogens is 190 g/mol. The van der Waals surface area contributed by atoms with E-state index in [4.69, 9.17) is 10.5 Å². The van der Waals surface area contributed by atoms with Gasteiger partial charge in [0, 0.05) is 12.1 Å².